The number of urea groups is 1. The molecule has 0 saturated heterocycles. The number of rotatable bonds is 3. The predicted molar refractivity (Wildman–Crippen MR) is 75.3 cm³/mol. The number of carbonyl (C=O) groups excluding carboxylic acids is 1. The van der Waals surface area contributed by atoms with Crippen LogP contribution in [-0.4, -0.2) is 27.0 Å². The topological polar surface area (TPSA) is 126 Å². The molecule has 2 amide bonds. The first-order valence-electron chi connectivity index (χ1n) is 5.80. The number of benzene rings is 1. The third kappa shape index (κ3) is 4.76. The van der Waals surface area contributed by atoms with Gasteiger partial charge in [-0.05, 0) is 26.0 Å². The van der Waals surface area contributed by atoms with Gasteiger partial charge in [-0.2, -0.15) is 0 Å². The second-order valence-electron chi connectivity index (χ2n) is 3.86. The maximum absolute atomic E-state index is 11.9. The summed E-state index contributed by atoms with van der Waals surface area (Å²) in [7, 11) is -3.92. The molecule has 5 N–H and O–H groups in total. The zero-order valence-electron chi connectivity index (χ0n) is 11.2. The molecule has 0 bridgehead atoms. The van der Waals surface area contributed by atoms with Gasteiger partial charge in [-0.25, -0.2) is 23.4 Å². The van der Waals surface area contributed by atoms with Crippen molar-refractivity contribution in [2.24, 2.45) is 10.7 Å². The molecule has 0 atom stereocenters. The van der Waals surface area contributed by atoms with Gasteiger partial charge < -0.3 is 5.73 Å². The van der Waals surface area contributed by atoms with Crippen LogP contribution in [0.2, 0.25) is 0 Å². The zero-order chi connectivity index (χ0) is 15.2. The number of sulfonamides is 1. The Balaban J connectivity index is 2.65. The average Bonchev–Trinajstić information content (AvgIpc) is 2.37. The molecule has 110 valence electrons. The summed E-state index contributed by atoms with van der Waals surface area (Å²) < 4.78 is 25.6. The van der Waals surface area contributed by atoms with Gasteiger partial charge in [-0.1, -0.05) is 17.7 Å². The Morgan fingerprint density at radius 1 is 1.25 bits per heavy atom. The molecule has 1 rings (SSSR count). The van der Waals surface area contributed by atoms with Crippen molar-refractivity contribution in [2.75, 3.05) is 6.54 Å². The van der Waals surface area contributed by atoms with Crippen molar-refractivity contribution in [3.05, 3.63) is 29.8 Å². The number of aliphatic imine (C=N–C) groups is 1. The minimum atomic E-state index is -3.92. The number of amides is 2. The summed E-state index contributed by atoms with van der Waals surface area (Å²) in [5, 5.41) is 0. The van der Waals surface area contributed by atoms with Crippen molar-refractivity contribution in [1.82, 2.24) is 15.6 Å². The molecule has 1 aromatic rings. The lowest BCUT2D eigenvalue weighted by Crippen LogP contribution is -2.50. The lowest BCUT2D eigenvalue weighted by molar-refractivity contribution is 0.244. The molecule has 8 nitrogen and oxygen atoms in total. The van der Waals surface area contributed by atoms with Crippen LogP contribution >= 0.6 is 0 Å². The normalized spacial score (nSPS) is 11.8. The molecule has 0 aliphatic rings. The zero-order valence-corrected chi connectivity index (χ0v) is 12.0. The highest BCUT2D eigenvalue weighted by molar-refractivity contribution is 7.90. The van der Waals surface area contributed by atoms with Crippen LogP contribution in [0.5, 0.6) is 0 Å². The number of nitrogens with zero attached hydrogens (tertiary/aromatic N) is 1. The fourth-order valence-electron chi connectivity index (χ4n) is 1.25. The van der Waals surface area contributed by atoms with Crippen molar-refractivity contribution in [2.45, 2.75) is 18.7 Å². The largest absolute Gasteiger partial charge is 0.369 e. The van der Waals surface area contributed by atoms with Crippen LogP contribution in [0.25, 0.3) is 0 Å². The lowest BCUT2D eigenvalue weighted by atomic mass is 10.2. The molecular formula is C11H17N5O3S. The van der Waals surface area contributed by atoms with Crippen LogP contribution in [0.4, 0.5) is 4.79 Å². The van der Waals surface area contributed by atoms with E-state index in [2.05, 4.69) is 15.8 Å². The molecule has 0 radical (unpaired) electrons. The number of hydrogen-bond donors (Lipinski definition) is 4. The fraction of sp³-hybridized carbons (Fsp3) is 0.273. The first-order valence-corrected chi connectivity index (χ1v) is 7.29. The quantitative estimate of drug-likeness (QED) is 0.350. The number of hydrazine groups is 1. The van der Waals surface area contributed by atoms with E-state index < -0.39 is 16.1 Å². The maximum Gasteiger partial charge on any atom is 0.347 e. The lowest BCUT2D eigenvalue weighted by Gasteiger charge is -2.10. The summed E-state index contributed by atoms with van der Waals surface area (Å²) in [6.45, 7) is 4.02. The average molecular weight is 299 g/mol. The van der Waals surface area contributed by atoms with E-state index in [1.807, 2.05) is 11.6 Å². The smallest absolute Gasteiger partial charge is 0.347 e. The summed E-state index contributed by atoms with van der Waals surface area (Å²) in [6, 6.07) is 5.13. The van der Waals surface area contributed by atoms with Gasteiger partial charge in [0, 0.05) is 6.54 Å². The van der Waals surface area contributed by atoms with E-state index in [9.17, 15) is 13.2 Å². The van der Waals surface area contributed by atoms with E-state index in [-0.39, 0.29) is 10.9 Å². The third-order valence-corrected chi connectivity index (χ3v) is 3.54. The fourth-order valence-corrected chi connectivity index (χ4v) is 2.16. The first-order chi connectivity index (χ1) is 9.35. The van der Waals surface area contributed by atoms with E-state index in [1.165, 1.54) is 12.1 Å². The number of carbonyl (C=O) groups is 1. The van der Waals surface area contributed by atoms with Crippen LogP contribution in [0.3, 0.4) is 0 Å². The van der Waals surface area contributed by atoms with Gasteiger partial charge in [0.15, 0.2) is 0 Å². The summed E-state index contributed by atoms with van der Waals surface area (Å²) in [6.07, 6.45) is 0. The molecule has 0 saturated carbocycles. The Morgan fingerprint density at radius 3 is 2.40 bits per heavy atom. The van der Waals surface area contributed by atoms with Crippen molar-refractivity contribution in [3.63, 3.8) is 0 Å². The summed E-state index contributed by atoms with van der Waals surface area (Å²) in [5.41, 5.74) is 10.6. The van der Waals surface area contributed by atoms with Crippen LogP contribution in [0.1, 0.15) is 12.5 Å². The highest BCUT2D eigenvalue weighted by Crippen LogP contribution is 2.09. The molecule has 0 aliphatic heterocycles. The molecule has 0 spiro atoms. The van der Waals surface area contributed by atoms with E-state index >= 15 is 0 Å². The van der Waals surface area contributed by atoms with E-state index in [1.54, 1.807) is 19.1 Å². The Labute approximate surface area is 117 Å². The molecule has 0 unspecified atom stereocenters. The Morgan fingerprint density at radius 2 is 1.85 bits per heavy atom. The van der Waals surface area contributed by atoms with Crippen LogP contribution in [0.15, 0.2) is 34.2 Å². The van der Waals surface area contributed by atoms with Gasteiger partial charge in [-0.15, -0.1) is 0 Å². The Bertz CT molecular complexity index is 595. The minimum Gasteiger partial charge on any atom is -0.369 e. The van der Waals surface area contributed by atoms with Crippen molar-refractivity contribution in [1.29, 1.82) is 0 Å². The van der Waals surface area contributed by atoms with Gasteiger partial charge in [0.05, 0.1) is 4.90 Å². The number of nitrogens with two attached hydrogens (primary N) is 1. The molecule has 0 fully saturated rings. The summed E-state index contributed by atoms with van der Waals surface area (Å²) >= 11 is 0. The molecule has 1 aromatic carbocycles. The molecule has 0 aliphatic carbocycles. The van der Waals surface area contributed by atoms with Gasteiger partial charge in [0.25, 0.3) is 10.0 Å². The van der Waals surface area contributed by atoms with E-state index in [4.69, 9.17) is 5.73 Å². The molecule has 9 heteroatoms. The van der Waals surface area contributed by atoms with Crippen molar-refractivity contribution >= 4 is 22.0 Å². The summed E-state index contributed by atoms with van der Waals surface area (Å²) in [5.74, 6) is -0.0182. The maximum atomic E-state index is 11.9. The number of guanidine groups is 1. The van der Waals surface area contributed by atoms with Gasteiger partial charge >= 0.3 is 6.03 Å². The molecular weight excluding hydrogens is 282 g/mol. The van der Waals surface area contributed by atoms with Gasteiger partial charge in [0.2, 0.25) is 5.96 Å². The van der Waals surface area contributed by atoms with Gasteiger partial charge in [-0.3, -0.25) is 10.4 Å². The highest BCUT2D eigenvalue weighted by atomic mass is 32.2. The minimum absolute atomic E-state index is 0.00607. The van der Waals surface area contributed by atoms with Crippen LogP contribution < -0.4 is 21.3 Å². The van der Waals surface area contributed by atoms with E-state index in [0.717, 1.165) is 5.56 Å². The second-order valence-corrected chi connectivity index (χ2v) is 5.54. The van der Waals surface area contributed by atoms with Crippen LogP contribution in [0, 0.1) is 6.92 Å². The van der Waals surface area contributed by atoms with Crippen molar-refractivity contribution in [3.8, 4) is 0 Å². The SMILES string of the molecule is CCN=C(N)NNC(=O)NS(=O)(=O)c1ccc(C)cc1. The molecule has 0 heterocycles. The Hall–Kier alpha value is -2.29. The number of hydrogen-bond acceptors (Lipinski definition) is 4. The molecule has 0 aromatic heterocycles. The second kappa shape index (κ2) is 6.75. The third-order valence-electron chi connectivity index (χ3n) is 2.19. The standard InChI is InChI=1S/C11H17N5O3S/c1-3-13-10(12)14-15-11(17)16-20(18,19)9-6-4-8(2)5-7-9/h4-7H,3H2,1-2H3,(H3,12,13,14)(H2,15,16,17). The molecule has 20 heavy (non-hydrogen) atoms. The van der Waals surface area contributed by atoms with Gasteiger partial charge in [0.1, 0.15) is 0 Å². The van der Waals surface area contributed by atoms with E-state index in [0.29, 0.717) is 6.54 Å². The van der Waals surface area contributed by atoms with Crippen LogP contribution in [-0.2, 0) is 10.0 Å². The Kier molecular flexibility index (Phi) is 5.32. The summed E-state index contributed by atoms with van der Waals surface area (Å²) in [4.78, 5) is 15.2. The number of aryl methyl sites for hydroxylation is 1. The monoisotopic (exact) mass is 299 g/mol. The predicted octanol–water partition coefficient (Wildman–Crippen LogP) is -0.178. The van der Waals surface area contributed by atoms with Crippen molar-refractivity contribution < 1.29 is 13.2 Å². The first kappa shape index (κ1) is 15.8. The highest BCUT2D eigenvalue weighted by Gasteiger charge is 2.17. The number of nitrogens with one attached hydrogen (secondary N) is 3.